The summed E-state index contributed by atoms with van der Waals surface area (Å²) in [5.74, 6) is 0.357. The van der Waals surface area contributed by atoms with E-state index >= 15 is 0 Å². The van der Waals surface area contributed by atoms with Crippen LogP contribution in [0.25, 0.3) is 11.0 Å². The molecule has 2 saturated heterocycles. The van der Waals surface area contributed by atoms with Crippen LogP contribution in [0.2, 0.25) is 0 Å². The molecule has 3 aromatic rings. The van der Waals surface area contributed by atoms with Gasteiger partial charge in [0, 0.05) is 50.5 Å². The van der Waals surface area contributed by atoms with Gasteiger partial charge in [-0.25, -0.2) is 9.18 Å². The Hall–Kier alpha value is -3.00. The molecule has 2 fully saturated rings. The van der Waals surface area contributed by atoms with Gasteiger partial charge in [-0.3, -0.25) is 23.8 Å². The SMILES string of the molecule is CCCCn1c(=O)n(C2CCN(C(=O)C3CCN(Cc4ccncc4)CC3)CC2)c2ccc(CF)cc21. The average molecular weight is 508 g/mol. The van der Waals surface area contributed by atoms with Crippen molar-refractivity contribution >= 4 is 16.9 Å². The number of fused-ring (bicyclic) bond motifs is 1. The molecule has 4 heterocycles. The van der Waals surface area contributed by atoms with Gasteiger partial charge in [0.05, 0.1) is 11.0 Å². The Morgan fingerprint density at radius 3 is 2.38 bits per heavy atom. The molecule has 0 aliphatic carbocycles. The largest absolute Gasteiger partial charge is 0.342 e. The standard InChI is InChI=1S/C29H38FN5O2/c1-2-3-14-34-27-19-23(20-30)4-5-26(27)35(29(34)37)25-10-17-33(18-11-25)28(36)24-8-15-32(16-9-24)21-22-6-12-31-13-7-22/h4-7,12-13,19,24-25H,2-3,8-11,14-18,20-21H2,1H3. The number of carbonyl (C=O) groups excluding carboxylic acids is 1. The van der Waals surface area contributed by atoms with E-state index in [1.807, 2.05) is 50.7 Å². The van der Waals surface area contributed by atoms with Gasteiger partial charge in [0.1, 0.15) is 6.67 Å². The first-order chi connectivity index (χ1) is 18.1. The molecule has 2 aromatic heterocycles. The number of imidazole rings is 1. The predicted octanol–water partition coefficient (Wildman–Crippen LogP) is 4.54. The van der Waals surface area contributed by atoms with Crippen LogP contribution in [-0.2, 0) is 24.6 Å². The van der Waals surface area contributed by atoms with Gasteiger partial charge in [-0.15, -0.1) is 0 Å². The van der Waals surface area contributed by atoms with E-state index < -0.39 is 6.67 Å². The highest BCUT2D eigenvalue weighted by molar-refractivity contribution is 5.79. The zero-order chi connectivity index (χ0) is 25.8. The zero-order valence-corrected chi connectivity index (χ0v) is 21.8. The van der Waals surface area contributed by atoms with Crippen LogP contribution in [-0.4, -0.2) is 56.0 Å². The summed E-state index contributed by atoms with van der Waals surface area (Å²) in [7, 11) is 0. The molecule has 5 rings (SSSR count). The molecule has 1 amide bonds. The summed E-state index contributed by atoms with van der Waals surface area (Å²) in [5.41, 5.74) is 3.55. The number of halogens is 1. The first kappa shape index (κ1) is 25.6. The van der Waals surface area contributed by atoms with Gasteiger partial charge < -0.3 is 4.90 Å². The molecule has 0 bridgehead atoms. The third-order valence-electron chi connectivity index (χ3n) is 8.15. The highest BCUT2D eigenvalue weighted by atomic mass is 19.1. The number of hydrogen-bond donors (Lipinski definition) is 0. The van der Waals surface area contributed by atoms with Crippen molar-refractivity contribution in [2.45, 2.75) is 71.3 Å². The number of benzene rings is 1. The molecule has 37 heavy (non-hydrogen) atoms. The highest BCUT2D eigenvalue weighted by Crippen LogP contribution is 2.29. The molecular formula is C29H38FN5O2. The van der Waals surface area contributed by atoms with Crippen molar-refractivity contribution in [2.24, 2.45) is 5.92 Å². The first-order valence-electron chi connectivity index (χ1n) is 13.8. The average Bonchev–Trinajstić information content (AvgIpc) is 3.22. The van der Waals surface area contributed by atoms with Crippen LogP contribution in [0.4, 0.5) is 4.39 Å². The number of pyridine rings is 1. The van der Waals surface area contributed by atoms with Gasteiger partial charge in [0.2, 0.25) is 5.91 Å². The quantitative estimate of drug-likeness (QED) is 0.449. The number of hydrogen-bond acceptors (Lipinski definition) is 4. The minimum atomic E-state index is -0.535. The van der Waals surface area contributed by atoms with Crippen LogP contribution in [0.15, 0.2) is 47.5 Å². The van der Waals surface area contributed by atoms with Gasteiger partial charge >= 0.3 is 5.69 Å². The summed E-state index contributed by atoms with van der Waals surface area (Å²) in [5, 5.41) is 0. The summed E-state index contributed by atoms with van der Waals surface area (Å²) in [6.45, 7) is 6.34. The number of piperidine rings is 2. The van der Waals surface area contributed by atoms with Gasteiger partial charge in [-0.05, 0) is 80.6 Å². The number of rotatable bonds is 8. The molecule has 2 aliphatic rings. The smallest absolute Gasteiger partial charge is 0.329 e. The molecule has 0 unspecified atom stereocenters. The van der Waals surface area contributed by atoms with E-state index in [-0.39, 0.29) is 23.6 Å². The zero-order valence-electron chi connectivity index (χ0n) is 21.8. The van der Waals surface area contributed by atoms with Crippen molar-refractivity contribution < 1.29 is 9.18 Å². The second-order valence-electron chi connectivity index (χ2n) is 10.6. The van der Waals surface area contributed by atoms with E-state index in [4.69, 9.17) is 0 Å². The normalized spacial score (nSPS) is 18.1. The number of likely N-dealkylation sites (tertiary alicyclic amines) is 2. The predicted molar refractivity (Wildman–Crippen MR) is 143 cm³/mol. The molecule has 2 aliphatic heterocycles. The van der Waals surface area contributed by atoms with Crippen LogP contribution in [0.5, 0.6) is 0 Å². The van der Waals surface area contributed by atoms with E-state index in [9.17, 15) is 14.0 Å². The number of carbonyl (C=O) groups is 1. The van der Waals surface area contributed by atoms with Crippen molar-refractivity contribution in [2.75, 3.05) is 26.2 Å². The van der Waals surface area contributed by atoms with E-state index in [2.05, 4.69) is 16.8 Å². The number of alkyl halides is 1. The van der Waals surface area contributed by atoms with Crippen molar-refractivity contribution in [1.29, 1.82) is 0 Å². The van der Waals surface area contributed by atoms with Gasteiger partial charge in [0.15, 0.2) is 0 Å². The summed E-state index contributed by atoms with van der Waals surface area (Å²) in [6, 6.07) is 9.65. The third-order valence-corrected chi connectivity index (χ3v) is 8.15. The summed E-state index contributed by atoms with van der Waals surface area (Å²) in [4.78, 5) is 35.3. The topological polar surface area (TPSA) is 63.4 Å². The maximum Gasteiger partial charge on any atom is 0.329 e. The molecule has 0 saturated carbocycles. The van der Waals surface area contributed by atoms with Crippen molar-refractivity contribution in [1.82, 2.24) is 23.9 Å². The molecule has 1 aromatic carbocycles. The number of amides is 1. The summed E-state index contributed by atoms with van der Waals surface area (Å²) >= 11 is 0. The maximum atomic E-state index is 13.5. The molecule has 0 N–H and O–H groups in total. The van der Waals surface area contributed by atoms with Gasteiger partial charge in [-0.1, -0.05) is 19.4 Å². The Kier molecular flexibility index (Phi) is 8.03. The Morgan fingerprint density at radius 2 is 1.70 bits per heavy atom. The number of aryl methyl sites for hydroxylation is 1. The van der Waals surface area contributed by atoms with E-state index in [1.165, 1.54) is 5.56 Å². The lowest BCUT2D eigenvalue weighted by Gasteiger charge is -2.37. The fraction of sp³-hybridized carbons (Fsp3) is 0.552. The highest BCUT2D eigenvalue weighted by Gasteiger charge is 2.32. The lowest BCUT2D eigenvalue weighted by Crippen LogP contribution is -2.46. The first-order valence-corrected chi connectivity index (χ1v) is 13.8. The molecule has 0 atom stereocenters. The second kappa shape index (κ2) is 11.6. The fourth-order valence-electron chi connectivity index (χ4n) is 5.98. The van der Waals surface area contributed by atoms with Crippen molar-refractivity contribution in [3.8, 4) is 0 Å². The van der Waals surface area contributed by atoms with Crippen molar-refractivity contribution in [3.63, 3.8) is 0 Å². The van der Waals surface area contributed by atoms with E-state index in [0.717, 1.165) is 69.2 Å². The number of unbranched alkanes of at least 4 members (excludes halogenated alkanes) is 1. The lowest BCUT2D eigenvalue weighted by molar-refractivity contribution is -0.138. The van der Waals surface area contributed by atoms with Crippen LogP contribution < -0.4 is 5.69 Å². The Bertz CT molecular complexity index is 1250. The van der Waals surface area contributed by atoms with Gasteiger partial charge in [-0.2, -0.15) is 0 Å². The monoisotopic (exact) mass is 507 g/mol. The Balaban J connectivity index is 1.22. The molecule has 7 nitrogen and oxygen atoms in total. The molecule has 0 spiro atoms. The van der Waals surface area contributed by atoms with E-state index in [1.54, 1.807) is 6.07 Å². The fourth-order valence-corrected chi connectivity index (χ4v) is 5.98. The minimum absolute atomic E-state index is 0.00851. The second-order valence-corrected chi connectivity index (χ2v) is 10.6. The van der Waals surface area contributed by atoms with E-state index in [0.29, 0.717) is 25.2 Å². The van der Waals surface area contributed by atoms with Gasteiger partial charge in [0.25, 0.3) is 0 Å². The van der Waals surface area contributed by atoms with Crippen LogP contribution >= 0.6 is 0 Å². The number of aromatic nitrogens is 3. The molecule has 198 valence electrons. The third kappa shape index (κ3) is 5.49. The molecule has 8 heteroatoms. The summed E-state index contributed by atoms with van der Waals surface area (Å²) in [6.07, 6.45) is 8.88. The van der Waals surface area contributed by atoms with Crippen molar-refractivity contribution in [3.05, 3.63) is 64.3 Å². The number of nitrogens with zero attached hydrogens (tertiary/aromatic N) is 5. The van der Waals surface area contributed by atoms with Crippen LogP contribution in [0, 0.1) is 5.92 Å². The molecule has 0 radical (unpaired) electrons. The Morgan fingerprint density at radius 1 is 0.973 bits per heavy atom. The van der Waals surface area contributed by atoms with Crippen LogP contribution in [0.3, 0.4) is 0 Å². The lowest BCUT2D eigenvalue weighted by atomic mass is 9.93. The maximum absolute atomic E-state index is 13.5. The minimum Gasteiger partial charge on any atom is -0.342 e. The summed E-state index contributed by atoms with van der Waals surface area (Å²) < 4.78 is 17.1. The van der Waals surface area contributed by atoms with Crippen LogP contribution in [0.1, 0.15) is 62.6 Å². The molecular weight excluding hydrogens is 469 g/mol. The Labute approximate surface area is 217 Å².